The Kier molecular flexibility index (Phi) is 7.37. The molecule has 47 heavy (non-hydrogen) atoms. The molecule has 0 unspecified atom stereocenters. The minimum Gasteiger partial charge on any atom is -0.228 e. The summed E-state index contributed by atoms with van der Waals surface area (Å²) in [7, 11) is 0. The van der Waals surface area contributed by atoms with Gasteiger partial charge in [0.1, 0.15) is 0 Å². The van der Waals surface area contributed by atoms with Crippen LogP contribution in [-0.2, 0) is 0 Å². The van der Waals surface area contributed by atoms with Crippen molar-refractivity contribution < 1.29 is 0 Å². The Hall–Kier alpha value is -6.26. The lowest BCUT2D eigenvalue weighted by molar-refractivity contribution is 1.18. The van der Waals surface area contributed by atoms with Crippen LogP contribution in [0, 0.1) is 6.92 Å². The number of nitrogens with zero attached hydrogens (tertiary/aromatic N) is 4. The molecule has 0 fully saturated rings. The maximum atomic E-state index is 5.20. The smallest absolute Gasteiger partial charge is 0.160 e. The van der Waals surface area contributed by atoms with Crippen LogP contribution in [0.1, 0.15) is 5.56 Å². The van der Waals surface area contributed by atoms with Gasteiger partial charge in [0.05, 0.1) is 22.6 Å². The van der Waals surface area contributed by atoms with Crippen molar-refractivity contribution in [3.8, 4) is 67.7 Å². The zero-order chi connectivity index (χ0) is 31.6. The molecule has 0 bridgehead atoms. The average Bonchev–Trinajstić information content (AvgIpc) is 3.15. The molecule has 0 aliphatic carbocycles. The fraction of sp³-hybridized carbons (Fsp3) is 0.0233. The summed E-state index contributed by atoms with van der Waals surface area (Å²) in [6, 6.07) is 56.2. The van der Waals surface area contributed by atoms with Crippen LogP contribution in [0.2, 0.25) is 0 Å². The molecule has 4 nitrogen and oxygen atoms in total. The standard InChI is InChI=1S/C43H30N4/c1-29-24-35(42-44-38(31-16-8-3-9-17-31)28-39(45-42)32-18-10-4-11-19-32)26-36(25-29)43-46-40-27-34(30-14-6-2-7-15-30)22-23-37(40)41(47-43)33-20-12-5-13-21-33/h2-28H,1H3. The van der Waals surface area contributed by atoms with Gasteiger partial charge in [0.2, 0.25) is 0 Å². The lowest BCUT2D eigenvalue weighted by atomic mass is 10.00. The van der Waals surface area contributed by atoms with E-state index in [1.165, 1.54) is 0 Å². The lowest BCUT2D eigenvalue weighted by Crippen LogP contribution is -1.98. The van der Waals surface area contributed by atoms with E-state index in [0.717, 1.165) is 72.5 Å². The molecule has 0 aliphatic rings. The second-order valence-corrected chi connectivity index (χ2v) is 11.6. The first kappa shape index (κ1) is 28.2. The number of aryl methyl sites for hydroxylation is 1. The van der Waals surface area contributed by atoms with Crippen LogP contribution >= 0.6 is 0 Å². The van der Waals surface area contributed by atoms with E-state index in [9.17, 15) is 0 Å². The number of hydrogen-bond acceptors (Lipinski definition) is 4. The van der Waals surface area contributed by atoms with Crippen LogP contribution in [-0.4, -0.2) is 19.9 Å². The summed E-state index contributed by atoms with van der Waals surface area (Å²) >= 11 is 0. The van der Waals surface area contributed by atoms with Gasteiger partial charge in [-0.05, 0) is 60.0 Å². The summed E-state index contributed by atoms with van der Waals surface area (Å²) < 4.78 is 0. The van der Waals surface area contributed by atoms with Crippen molar-refractivity contribution in [3.05, 3.63) is 169 Å². The predicted molar refractivity (Wildman–Crippen MR) is 192 cm³/mol. The molecule has 8 rings (SSSR count). The normalized spacial score (nSPS) is 11.1. The minimum absolute atomic E-state index is 0.658. The molecule has 2 aromatic heterocycles. The molecule has 0 spiro atoms. The molecule has 6 aromatic carbocycles. The highest BCUT2D eigenvalue weighted by Crippen LogP contribution is 2.34. The van der Waals surface area contributed by atoms with Crippen molar-refractivity contribution in [2.24, 2.45) is 0 Å². The van der Waals surface area contributed by atoms with Crippen LogP contribution in [0.25, 0.3) is 78.6 Å². The first-order chi connectivity index (χ1) is 23.2. The Bertz CT molecular complexity index is 2280. The van der Waals surface area contributed by atoms with E-state index in [-0.39, 0.29) is 0 Å². The molecule has 0 atom stereocenters. The Balaban J connectivity index is 1.31. The molecular formula is C43H30N4. The zero-order valence-corrected chi connectivity index (χ0v) is 25.9. The van der Waals surface area contributed by atoms with Crippen molar-refractivity contribution in [3.63, 3.8) is 0 Å². The van der Waals surface area contributed by atoms with E-state index in [0.29, 0.717) is 11.6 Å². The third kappa shape index (κ3) is 5.81. The largest absolute Gasteiger partial charge is 0.228 e. The summed E-state index contributed by atoms with van der Waals surface area (Å²) in [5, 5.41) is 1.01. The van der Waals surface area contributed by atoms with E-state index < -0.39 is 0 Å². The van der Waals surface area contributed by atoms with Crippen molar-refractivity contribution in [2.45, 2.75) is 6.92 Å². The second kappa shape index (κ2) is 12.3. The van der Waals surface area contributed by atoms with E-state index in [1.807, 2.05) is 60.7 Å². The fourth-order valence-electron chi connectivity index (χ4n) is 6.02. The molecule has 222 valence electrons. The molecular weight excluding hydrogens is 573 g/mol. The van der Waals surface area contributed by atoms with Gasteiger partial charge in [0.25, 0.3) is 0 Å². The van der Waals surface area contributed by atoms with Gasteiger partial charge in [-0.25, -0.2) is 19.9 Å². The van der Waals surface area contributed by atoms with Gasteiger partial charge in [0.15, 0.2) is 11.6 Å². The molecule has 4 heteroatoms. The van der Waals surface area contributed by atoms with Crippen molar-refractivity contribution in [2.75, 3.05) is 0 Å². The third-order valence-corrected chi connectivity index (χ3v) is 8.31. The van der Waals surface area contributed by atoms with Crippen LogP contribution in [0.5, 0.6) is 0 Å². The molecule has 8 aromatic rings. The Morgan fingerprint density at radius 3 is 1.38 bits per heavy atom. The molecule has 0 radical (unpaired) electrons. The van der Waals surface area contributed by atoms with Crippen molar-refractivity contribution in [1.82, 2.24) is 19.9 Å². The van der Waals surface area contributed by atoms with Gasteiger partial charge in [-0.3, -0.25) is 0 Å². The Morgan fingerprint density at radius 1 is 0.340 bits per heavy atom. The van der Waals surface area contributed by atoms with Crippen molar-refractivity contribution in [1.29, 1.82) is 0 Å². The quantitative estimate of drug-likeness (QED) is 0.190. The SMILES string of the molecule is Cc1cc(-c2nc(-c3ccccc3)cc(-c3ccccc3)n2)cc(-c2nc(-c3ccccc3)c3ccc(-c4ccccc4)cc3n2)c1. The highest BCUT2D eigenvalue weighted by molar-refractivity contribution is 5.96. The summed E-state index contributed by atoms with van der Waals surface area (Å²) in [5.74, 6) is 1.32. The molecule has 0 aliphatic heterocycles. The summed E-state index contributed by atoms with van der Waals surface area (Å²) in [6.45, 7) is 2.10. The van der Waals surface area contributed by atoms with E-state index in [2.05, 4.69) is 110 Å². The monoisotopic (exact) mass is 602 g/mol. The highest BCUT2D eigenvalue weighted by Gasteiger charge is 2.16. The summed E-state index contributed by atoms with van der Waals surface area (Å²) in [5.41, 5.74) is 11.9. The summed E-state index contributed by atoms with van der Waals surface area (Å²) in [4.78, 5) is 20.5. The van der Waals surface area contributed by atoms with Gasteiger partial charge >= 0.3 is 0 Å². The topological polar surface area (TPSA) is 51.6 Å². The van der Waals surface area contributed by atoms with Gasteiger partial charge < -0.3 is 0 Å². The molecule has 0 saturated carbocycles. The predicted octanol–water partition coefficient (Wildman–Crippen LogP) is 10.7. The van der Waals surface area contributed by atoms with E-state index >= 15 is 0 Å². The van der Waals surface area contributed by atoms with Gasteiger partial charge in [-0.1, -0.05) is 127 Å². The number of aromatic nitrogens is 4. The van der Waals surface area contributed by atoms with Crippen molar-refractivity contribution >= 4 is 10.9 Å². The molecule has 2 heterocycles. The number of fused-ring (bicyclic) bond motifs is 1. The average molecular weight is 603 g/mol. The second-order valence-electron chi connectivity index (χ2n) is 11.6. The van der Waals surface area contributed by atoms with Gasteiger partial charge in [-0.15, -0.1) is 0 Å². The van der Waals surface area contributed by atoms with Gasteiger partial charge in [-0.2, -0.15) is 0 Å². The molecule has 0 N–H and O–H groups in total. The third-order valence-electron chi connectivity index (χ3n) is 8.31. The lowest BCUT2D eigenvalue weighted by Gasteiger charge is -2.13. The first-order valence-corrected chi connectivity index (χ1v) is 15.7. The molecule has 0 amide bonds. The van der Waals surface area contributed by atoms with Gasteiger partial charge in [0, 0.05) is 33.2 Å². The van der Waals surface area contributed by atoms with E-state index in [1.54, 1.807) is 0 Å². The number of benzene rings is 6. The Labute approximate surface area is 274 Å². The van der Waals surface area contributed by atoms with E-state index in [4.69, 9.17) is 19.9 Å². The minimum atomic E-state index is 0.658. The zero-order valence-electron chi connectivity index (χ0n) is 25.9. The Morgan fingerprint density at radius 2 is 0.830 bits per heavy atom. The van der Waals surface area contributed by atoms with Crippen LogP contribution in [0.3, 0.4) is 0 Å². The van der Waals surface area contributed by atoms with Crippen LogP contribution < -0.4 is 0 Å². The maximum Gasteiger partial charge on any atom is 0.160 e. The molecule has 0 saturated heterocycles. The van der Waals surface area contributed by atoms with Crippen LogP contribution in [0.4, 0.5) is 0 Å². The first-order valence-electron chi connectivity index (χ1n) is 15.7. The maximum absolute atomic E-state index is 5.20. The highest BCUT2D eigenvalue weighted by atomic mass is 14.9. The van der Waals surface area contributed by atoms with Crippen LogP contribution in [0.15, 0.2) is 164 Å². The number of rotatable bonds is 6. The summed E-state index contributed by atoms with van der Waals surface area (Å²) in [6.07, 6.45) is 0. The number of hydrogen-bond donors (Lipinski definition) is 0. The fourth-order valence-corrected chi connectivity index (χ4v) is 6.02.